The minimum atomic E-state index is -1.47. The summed E-state index contributed by atoms with van der Waals surface area (Å²) in [5.41, 5.74) is 2.66. The summed E-state index contributed by atoms with van der Waals surface area (Å²) in [6.45, 7) is 4.11. The standard InChI is InChI=1S/2C22H26O8/c2*1-2-27-22-20(25)19(24)18(23)17(30-22)13-29-21(26)15-8-10-16(11-9-15)28-12-14-6-4-3-5-7-14/h2*3-11,17-20,22-25H,2,12-13H2,1H3/t17-,18-,19+,20-,22+;17-,18-,19+,20-,22-/m11/s1. The molecule has 0 radical (unpaired) electrons. The number of hydrogen-bond acceptors (Lipinski definition) is 16. The minimum absolute atomic E-state index is 0.246. The van der Waals surface area contributed by atoms with E-state index in [-0.39, 0.29) is 26.4 Å². The fourth-order valence-corrected chi connectivity index (χ4v) is 6.05. The maximum atomic E-state index is 12.3. The third kappa shape index (κ3) is 13.0. The zero-order chi connectivity index (χ0) is 43.0. The molecule has 6 N–H and O–H groups in total. The van der Waals surface area contributed by atoms with Crippen molar-refractivity contribution in [2.24, 2.45) is 0 Å². The quantitative estimate of drug-likeness (QED) is 0.0891. The van der Waals surface area contributed by atoms with Gasteiger partial charge in [-0.25, -0.2) is 9.59 Å². The van der Waals surface area contributed by atoms with Crippen LogP contribution in [0.3, 0.4) is 0 Å². The molecule has 0 amide bonds. The number of esters is 2. The number of hydrogen-bond donors (Lipinski definition) is 6. The summed E-state index contributed by atoms with van der Waals surface area (Å²) in [7, 11) is 0. The Hall–Kier alpha value is -4.98. The first-order chi connectivity index (χ1) is 29.0. The van der Waals surface area contributed by atoms with Gasteiger partial charge in [-0.05, 0) is 73.5 Å². The molecule has 4 aromatic rings. The average molecular weight is 837 g/mol. The van der Waals surface area contributed by atoms with Crippen LogP contribution in [0.2, 0.25) is 0 Å². The van der Waals surface area contributed by atoms with Gasteiger partial charge in [0, 0.05) is 13.2 Å². The molecule has 0 bridgehead atoms. The Labute approximate surface area is 347 Å². The molecule has 10 atom stereocenters. The van der Waals surface area contributed by atoms with Crippen LogP contribution < -0.4 is 9.47 Å². The molecule has 2 heterocycles. The zero-order valence-electron chi connectivity index (χ0n) is 33.2. The molecule has 16 nitrogen and oxygen atoms in total. The normalized spacial score (nSPS) is 26.2. The van der Waals surface area contributed by atoms with E-state index in [4.69, 9.17) is 37.9 Å². The van der Waals surface area contributed by atoms with Gasteiger partial charge in [0.25, 0.3) is 0 Å². The van der Waals surface area contributed by atoms with E-state index in [9.17, 15) is 40.2 Å². The zero-order valence-corrected chi connectivity index (χ0v) is 33.2. The van der Waals surface area contributed by atoms with Crippen molar-refractivity contribution in [2.45, 2.75) is 88.5 Å². The predicted molar refractivity (Wildman–Crippen MR) is 212 cm³/mol. The van der Waals surface area contributed by atoms with Crippen LogP contribution in [-0.4, -0.2) is 130 Å². The van der Waals surface area contributed by atoms with Crippen molar-refractivity contribution in [2.75, 3.05) is 26.4 Å². The molecule has 0 aliphatic carbocycles. The summed E-state index contributed by atoms with van der Waals surface area (Å²) in [6.07, 6.45) is -12.9. The monoisotopic (exact) mass is 836 g/mol. The van der Waals surface area contributed by atoms with Crippen LogP contribution in [-0.2, 0) is 41.6 Å². The highest BCUT2D eigenvalue weighted by Gasteiger charge is 2.45. The van der Waals surface area contributed by atoms with Crippen molar-refractivity contribution < 1.29 is 78.1 Å². The number of ether oxygens (including phenoxy) is 8. The Morgan fingerprint density at radius 1 is 0.483 bits per heavy atom. The van der Waals surface area contributed by atoms with Gasteiger partial charge < -0.3 is 68.5 Å². The molecule has 2 saturated heterocycles. The highest BCUT2D eigenvalue weighted by atomic mass is 16.7. The maximum absolute atomic E-state index is 12.3. The third-order valence-corrected chi connectivity index (χ3v) is 9.43. The van der Waals surface area contributed by atoms with Crippen molar-refractivity contribution in [1.29, 1.82) is 0 Å². The van der Waals surface area contributed by atoms with Crippen LogP contribution in [0, 0.1) is 0 Å². The van der Waals surface area contributed by atoms with Crippen molar-refractivity contribution in [3.8, 4) is 11.5 Å². The summed E-state index contributed by atoms with van der Waals surface area (Å²) in [5.74, 6) is -0.0147. The Morgan fingerprint density at radius 2 is 0.833 bits per heavy atom. The van der Waals surface area contributed by atoms with E-state index in [0.717, 1.165) is 11.1 Å². The second-order valence-electron chi connectivity index (χ2n) is 13.7. The van der Waals surface area contributed by atoms with E-state index in [0.29, 0.717) is 35.8 Å². The Morgan fingerprint density at radius 3 is 1.17 bits per heavy atom. The van der Waals surface area contributed by atoms with Gasteiger partial charge >= 0.3 is 11.9 Å². The van der Waals surface area contributed by atoms with E-state index in [1.54, 1.807) is 62.4 Å². The van der Waals surface area contributed by atoms with Gasteiger partial charge in [-0.2, -0.15) is 0 Å². The summed E-state index contributed by atoms with van der Waals surface area (Å²) in [5, 5.41) is 59.8. The molecule has 60 heavy (non-hydrogen) atoms. The molecule has 0 spiro atoms. The van der Waals surface area contributed by atoms with Crippen molar-refractivity contribution in [1.82, 2.24) is 0 Å². The largest absolute Gasteiger partial charge is 0.489 e. The molecule has 0 aromatic heterocycles. The van der Waals surface area contributed by atoms with Gasteiger partial charge in [-0.1, -0.05) is 60.7 Å². The molecule has 16 heteroatoms. The van der Waals surface area contributed by atoms with Gasteiger partial charge in [-0.3, -0.25) is 0 Å². The lowest BCUT2D eigenvalue weighted by atomic mass is 9.99. The van der Waals surface area contributed by atoms with Gasteiger partial charge in [0.05, 0.1) is 11.1 Å². The van der Waals surface area contributed by atoms with Crippen molar-refractivity contribution in [3.05, 3.63) is 131 Å². The van der Waals surface area contributed by atoms with Crippen molar-refractivity contribution >= 4 is 11.9 Å². The molecule has 324 valence electrons. The van der Waals surface area contributed by atoms with Gasteiger partial charge in [0.2, 0.25) is 0 Å². The van der Waals surface area contributed by atoms with Crippen molar-refractivity contribution in [3.63, 3.8) is 0 Å². The highest BCUT2D eigenvalue weighted by Crippen LogP contribution is 2.25. The first kappa shape index (κ1) is 46.1. The smallest absolute Gasteiger partial charge is 0.338 e. The minimum Gasteiger partial charge on any atom is -0.489 e. The lowest BCUT2D eigenvalue weighted by Gasteiger charge is -2.39. The summed E-state index contributed by atoms with van der Waals surface area (Å²) < 4.78 is 43.0. The second kappa shape index (κ2) is 23.1. The van der Waals surface area contributed by atoms with Crippen LogP contribution in [0.4, 0.5) is 0 Å². The number of aliphatic hydroxyl groups excluding tert-OH is 6. The van der Waals surface area contributed by atoms with Crippen LogP contribution in [0.15, 0.2) is 109 Å². The van der Waals surface area contributed by atoms with Gasteiger partial charge in [0.15, 0.2) is 12.6 Å². The summed E-state index contributed by atoms with van der Waals surface area (Å²) >= 11 is 0. The molecule has 2 fully saturated rings. The Kier molecular flexibility index (Phi) is 17.8. The molecular weight excluding hydrogens is 784 g/mol. The van der Waals surface area contributed by atoms with Crippen LogP contribution in [0.1, 0.15) is 45.7 Å². The van der Waals surface area contributed by atoms with Gasteiger partial charge in [0.1, 0.15) is 86.8 Å². The molecule has 4 aromatic carbocycles. The number of aliphatic hydroxyl groups is 6. The molecule has 2 aliphatic rings. The average Bonchev–Trinajstić information content (AvgIpc) is 3.28. The Bertz CT molecular complexity index is 1730. The lowest BCUT2D eigenvalue weighted by Crippen LogP contribution is -2.59. The van der Waals surface area contributed by atoms with E-state index in [1.807, 2.05) is 60.7 Å². The van der Waals surface area contributed by atoms with E-state index in [1.165, 1.54) is 0 Å². The lowest BCUT2D eigenvalue weighted by molar-refractivity contribution is -0.299. The number of carbonyl (C=O) groups is 2. The van der Waals surface area contributed by atoms with Crippen LogP contribution in [0.25, 0.3) is 0 Å². The fourth-order valence-electron chi connectivity index (χ4n) is 6.05. The van der Waals surface area contributed by atoms with E-state index in [2.05, 4.69) is 0 Å². The molecule has 2 aliphatic heterocycles. The first-order valence-corrected chi connectivity index (χ1v) is 19.5. The van der Waals surface area contributed by atoms with E-state index < -0.39 is 73.4 Å². The fraction of sp³-hybridized carbons (Fsp3) is 0.409. The maximum Gasteiger partial charge on any atom is 0.338 e. The highest BCUT2D eigenvalue weighted by molar-refractivity contribution is 5.90. The number of benzene rings is 4. The molecular formula is C44H52O16. The first-order valence-electron chi connectivity index (χ1n) is 19.5. The SMILES string of the molecule is CCO[C@@H]1O[C@H](COC(=O)c2ccc(OCc3ccccc3)cc2)[C@@H](O)[C@H](O)[C@H]1O.CCO[C@H]1O[C@H](COC(=O)c2ccc(OCc3ccccc3)cc2)[C@@H](O)[C@H](O)[C@H]1O. The van der Waals surface area contributed by atoms with E-state index >= 15 is 0 Å². The number of rotatable bonds is 16. The third-order valence-electron chi connectivity index (χ3n) is 9.43. The Balaban J connectivity index is 0.000000228. The van der Waals surface area contributed by atoms with Gasteiger partial charge in [-0.15, -0.1) is 0 Å². The second-order valence-corrected chi connectivity index (χ2v) is 13.7. The molecule has 0 saturated carbocycles. The topological polar surface area (TPSA) is 229 Å². The predicted octanol–water partition coefficient (Wildman–Crippen LogP) is 2.53. The molecule has 6 rings (SSSR count). The summed E-state index contributed by atoms with van der Waals surface area (Å²) in [4.78, 5) is 24.6. The van der Waals surface area contributed by atoms with Crippen LogP contribution >= 0.6 is 0 Å². The number of carbonyl (C=O) groups excluding carboxylic acids is 2. The molecule has 0 unspecified atom stereocenters. The summed E-state index contributed by atoms with van der Waals surface area (Å²) in [6, 6.07) is 32.4. The van der Waals surface area contributed by atoms with Crippen LogP contribution in [0.5, 0.6) is 11.5 Å².